The number of rotatable bonds is 4. The summed E-state index contributed by atoms with van der Waals surface area (Å²) < 4.78 is 0. The first kappa shape index (κ1) is 16.8. The van der Waals surface area contributed by atoms with Crippen LogP contribution in [0.2, 0.25) is 0 Å². The Morgan fingerprint density at radius 1 is 0.889 bits per heavy atom. The zero-order valence-corrected chi connectivity index (χ0v) is 15.7. The first-order chi connectivity index (χ1) is 13.2. The molecular weight excluding hydrogens is 334 g/mol. The molecule has 1 aromatic heterocycles. The van der Waals surface area contributed by atoms with Gasteiger partial charge in [-0.2, -0.15) is 0 Å². The Kier molecular flexibility index (Phi) is 4.14. The second-order valence-electron chi connectivity index (χ2n) is 9.01. The van der Waals surface area contributed by atoms with Gasteiger partial charge in [0.2, 0.25) is 0 Å². The number of carbonyl (C=O) groups is 1. The Morgan fingerprint density at radius 3 is 2.04 bits per heavy atom. The molecule has 0 unspecified atom stereocenters. The third kappa shape index (κ3) is 3.58. The SMILES string of the molecule is O=C(Nc1ccc(Cc2ccncc2)cc1)NC12CC3CC(CC(C3)C1)C2. The molecule has 1 aromatic carbocycles. The first-order valence-corrected chi connectivity index (χ1v) is 10.2. The molecule has 140 valence electrons. The molecule has 2 N–H and O–H groups in total. The van der Waals surface area contributed by atoms with Crippen molar-refractivity contribution in [3.63, 3.8) is 0 Å². The maximum atomic E-state index is 12.6. The van der Waals surface area contributed by atoms with Gasteiger partial charge in [0.25, 0.3) is 0 Å². The number of nitrogens with one attached hydrogen (secondary N) is 2. The molecule has 4 heteroatoms. The van der Waals surface area contributed by atoms with Gasteiger partial charge in [0.15, 0.2) is 0 Å². The molecule has 2 aromatic rings. The van der Waals surface area contributed by atoms with Crippen molar-refractivity contribution in [1.29, 1.82) is 0 Å². The number of aromatic nitrogens is 1. The Morgan fingerprint density at radius 2 is 1.44 bits per heavy atom. The Balaban J connectivity index is 1.20. The van der Waals surface area contributed by atoms with Crippen LogP contribution in [-0.4, -0.2) is 16.6 Å². The summed E-state index contributed by atoms with van der Waals surface area (Å²) in [7, 11) is 0. The predicted molar refractivity (Wildman–Crippen MR) is 107 cm³/mol. The summed E-state index contributed by atoms with van der Waals surface area (Å²) in [6.45, 7) is 0. The molecule has 2 amide bonds. The Labute approximate surface area is 160 Å². The van der Waals surface area contributed by atoms with E-state index in [-0.39, 0.29) is 11.6 Å². The molecule has 0 saturated heterocycles. The largest absolute Gasteiger partial charge is 0.332 e. The molecular formula is C23H27N3O. The van der Waals surface area contributed by atoms with Crippen molar-refractivity contribution < 1.29 is 4.79 Å². The lowest BCUT2D eigenvalue weighted by atomic mass is 9.53. The Hall–Kier alpha value is -2.36. The van der Waals surface area contributed by atoms with E-state index in [9.17, 15) is 4.79 Å². The molecule has 6 rings (SSSR count). The maximum absolute atomic E-state index is 12.6. The lowest BCUT2D eigenvalue weighted by molar-refractivity contribution is -0.0127. The van der Waals surface area contributed by atoms with Crippen LogP contribution in [0.5, 0.6) is 0 Å². The normalized spacial score (nSPS) is 30.9. The summed E-state index contributed by atoms with van der Waals surface area (Å²) in [6.07, 6.45) is 12.2. The van der Waals surface area contributed by atoms with E-state index in [1.165, 1.54) is 49.7 Å². The van der Waals surface area contributed by atoms with Gasteiger partial charge in [-0.3, -0.25) is 4.98 Å². The number of pyridine rings is 1. The highest BCUT2D eigenvalue weighted by atomic mass is 16.2. The highest BCUT2D eigenvalue weighted by molar-refractivity contribution is 5.89. The van der Waals surface area contributed by atoms with Crippen molar-refractivity contribution in [3.05, 3.63) is 59.9 Å². The second-order valence-corrected chi connectivity index (χ2v) is 9.01. The van der Waals surface area contributed by atoms with Gasteiger partial charge in [0.05, 0.1) is 0 Å². The van der Waals surface area contributed by atoms with Crippen LogP contribution in [0.25, 0.3) is 0 Å². The van der Waals surface area contributed by atoms with Gasteiger partial charge in [0.1, 0.15) is 0 Å². The smallest absolute Gasteiger partial charge is 0.319 e. The van der Waals surface area contributed by atoms with Crippen LogP contribution in [0.1, 0.15) is 49.7 Å². The summed E-state index contributed by atoms with van der Waals surface area (Å²) in [5.74, 6) is 2.51. The molecule has 0 aliphatic heterocycles. The van der Waals surface area contributed by atoms with Gasteiger partial charge in [0, 0.05) is 23.6 Å². The van der Waals surface area contributed by atoms with Gasteiger partial charge in [-0.1, -0.05) is 12.1 Å². The number of hydrogen-bond donors (Lipinski definition) is 2. The van der Waals surface area contributed by atoms with E-state index in [0.717, 1.165) is 29.9 Å². The molecule has 4 fully saturated rings. The zero-order chi connectivity index (χ0) is 18.3. The average Bonchev–Trinajstić information content (AvgIpc) is 2.62. The Bertz CT molecular complexity index is 780. The highest BCUT2D eigenvalue weighted by Gasteiger charge is 2.51. The third-order valence-corrected chi connectivity index (χ3v) is 6.79. The van der Waals surface area contributed by atoms with Crippen LogP contribution < -0.4 is 10.6 Å². The fraction of sp³-hybridized carbons (Fsp3) is 0.478. The fourth-order valence-corrected chi connectivity index (χ4v) is 6.11. The maximum Gasteiger partial charge on any atom is 0.319 e. The van der Waals surface area contributed by atoms with E-state index in [1.54, 1.807) is 0 Å². The molecule has 0 radical (unpaired) electrons. The molecule has 4 nitrogen and oxygen atoms in total. The standard InChI is InChI=1S/C23H27N3O/c27-22(26-23-13-18-10-19(14-23)12-20(11-18)15-23)25-21-3-1-16(2-4-21)9-17-5-7-24-8-6-17/h1-8,18-20H,9-15H2,(H2,25,26,27). The van der Waals surface area contributed by atoms with Crippen LogP contribution in [0.3, 0.4) is 0 Å². The fourth-order valence-electron chi connectivity index (χ4n) is 6.11. The summed E-state index contributed by atoms with van der Waals surface area (Å²) >= 11 is 0. The van der Waals surface area contributed by atoms with Crippen molar-refractivity contribution in [2.75, 3.05) is 5.32 Å². The van der Waals surface area contributed by atoms with Crippen LogP contribution in [0, 0.1) is 17.8 Å². The molecule has 4 bridgehead atoms. The van der Waals surface area contributed by atoms with E-state index in [0.29, 0.717) is 0 Å². The van der Waals surface area contributed by atoms with Gasteiger partial charge in [-0.15, -0.1) is 0 Å². The quantitative estimate of drug-likeness (QED) is 0.825. The monoisotopic (exact) mass is 361 g/mol. The summed E-state index contributed by atoms with van der Waals surface area (Å²) in [4.78, 5) is 16.7. The summed E-state index contributed by atoms with van der Waals surface area (Å²) in [5, 5.41) is 6.42. The summed E-state index contributed by atoms with van der Waals surface area (Å²) in [6, 6.07) is 12.2. The van der Waals surface area contributed by atoms with Crippen LogP contribution >= 0.6 is 0 Å². The number of urea groups is 1. The third-order valence-electron chi connectivity index (χ3n) is 6.79. The second kappa shape index (κ2) is 6.66. The number of nitrogens with zero attached hydrogens (tertiary/aromatic N) is 1. The van der Waals surface area contributed by atoms with Gasteiger partial charge in [-0.05, 0) is 98.1 Å². The zero-order valence-electron chi connectivity index (χ0n) is 15.7. The number of carbonyl (C=O) groups excluding carboxylic acids is 1. The van der Waals surface area contributed by atoms with Crippen molar-refractivity contribution in [1.82, 2.24) is 10.3 Å². The van der Waals surface area contributed by atoms with E-state index in [2.05, 4.69) is 27.8 Å². The molecule has 0 spiro atoms. The minimum atomic E-state index is -0.0427. The van der Waals surface area contributed by atoms with Crippen molar-refractivity contribution >= 4 is 11.7 Å². The molecule has 1 heterocycles. The highest BCUT2D eigenvalue weighted by Crippen LogP contribution is 2.55. The van der Waals surface area contributed by atoms with E-state index >= 15 is 0 Å². The molecule has 0 atom stereocenters. The van der Waals surface area contributed by atoms with Crippen molar-refractivity contribution in [2.45, 2.75) is 50.5 Å². The average molecular weight is 361 g/mol. The van der Waals surface area contributed by atoms with Gasteiger partial charge < -0.3 is 10.6 Å². The van der Waals surface area contributed by atoms with E-state index in [1.807, 2.05) is 36.7 Å². The minimum absolute atomic E-state index is 0.0427. The minimum Gasteiger partial charge on any atom is -0.332 e. The number of anilines is 1. The van der Waals surface area contributed by atoms with Crippen LogP contribution in [0.15, 0.2) is 48.8 Å². The van der Waals surface area contributed by atoms with Crippen molar-refractivity contribution in [3.8, 4) is 0 Å². The van der Waals surface area contributed by atoms with E-state index < -0.39 is 0 Å². The van der Waals surface area contributed by atoms with Crippen molar-refractivity contribution in [2.24, 2.45) is 17.8 Å². The van der Waals surface area contributed by atoms with Gasteiger partial charge in [-0.25, -0.2) is 4.79 Å². The summed E-state index contributed by atoms with van der Waals surface area (Å²) in [5.41, 5.74) is 3.38. The molecule has 4 aliphatic rings. The topological polar surface area (TPSA) is 54.0 Å². The molecule has 27 heavy (non-hydrogen) atoms. The number of amides is 2. The lowest BCUT2D eigenvalue weighted by Crippen LogP contribution is -2.60. The van der Waals surface area contributed by atoms with Crippen LogP contribution in [0.4, 0.5) is 10.5 Å². The molecule has 4 saturated carbocycles. The predicted octanol–water partition coefficient (Wildman–Crippen LogP) is 4.76. The van der Waals surface area contributed by atoms with Gasteiger partial charge >= 0.3 is 6.03 Å². The number of benzene rings is 1. The van der Waals surface area contributed by atoms with Crippen LogP contribution in [-0.2, 0) is 6.42 Å². The first-order valence-electron chi connectivity index (χ1n) is 10.2. The molecule has 4 aliphatic carbocycles. The van der Waals surface area contributed by atoms with E-state index in [4.69, 9.17) is 0 Å². The lowest BCUT2D eigenvalue weighted by Gasteiger charge is -2.56. The number of hydrogen-bond acceptors (Lipinski definition) is 2.